The Balaban J connectivity index is 1.74. The van der Waals surface area contributed by atoms with E-state index < -0.39 is 0 Å². The van der Waals surface area contributed by atoms with Crippen molar-refractivity contribution in [3.05, 3.63) is 59.7 Å². The third-order valence-corrected chi connectivity index (χ3v) is 4.16. The monoisotopic (exact) mass is 399 g/mol. The van der Waals surface area contributed by atoms with Gasteiger partial charge in [0.15, 0.2) is 17.5 Å². The number of hydrogen-bond acceptors (Lipinski definition) is 4. The van der Waals surface area contributed by atoms with E-state index in [4.69, 9.17) is 17.0 Å². The Morgan fingerprint density at radius 3 is 2.11 bits per heavy atom. The summed E-state index contributed by atoms with van der Waals surface area (Å²) in [4.78, 5) is 23.2. The molecule has 0 atom stereocenters. The first-order valence-corrected chi connectivity index (χ1v) is 9.26. The highest BCUT2D eigenvalue weighted by Gasteiger charge is 2.13. The van der Waals surface area contributed by atoms with E-state index in [9.17, 15) is 9.59 Å². The second kappa shape index (κ2) is 9.32. The van der Waals surface area contributed by atoms with Gasteiger partial charge < -0.3 is 10.1 Å². The standard InChI is InChI=1S/C21H25N3O3S/c1-14(25)15-5-9-17(10-6-15)22-20(28)24-23-19(26)13-27-18-11-7-16(8-12-18)21(2,3)4/h5-12H,13H2,1-4H3,(H,23,26)(H2,22,24,28). The molecule has 2 rings (SSSR count). The van der Waals surface area contributed by atoms with E-state index in [1.165, 1.54) is 12.5 Å². The highest BCUT2D eigenvalue weighted by atomic mass is 32.1. The molecule has 2 aromatic carbocycles. The van der Waals surface area contributed by atoms with E-state index in [1.54, 1.807) is 24.3 Å². The maximum absolute atomic E-state index is 11.9. The van der Waals surface area contributed by atoms with Crippen LogP contribution in [-0.2, 0) is 10.2 Å². The molecule has 0 spiro atoms. The zero-order valence-corrected chi connectivity index (χ0v) is 17.3. The van der Waals surface area contributed by atoms with Crippen molar-refractivity contribution < 1.29 is 14.3 Å². The summed E-state index contributed by atoms with van der Waals surface area (Å²) < 4.78 is 5.47. The lowest BCUT2D eigenvalue weighted by molar-refractivity contribution is -0.123. The van der Waals surface area contributed by atoms with Crippen molar-refractivity contribution in [3.8, 4) is 5.75 Å². The first kappa shape index (κ1) is 21.4. The number of nitrogens with one attached hydrogen (secondary N) is 3. The van der Waals surface area contributed by atoms with Crippen molar-refractivity contribution in [2.24, 2.45) is 0 Å². The fraction of sp³-hybridized carbons (Fsp3) is 0.286. The molecule has 0 radical (unpaired) electrons. The summed E-state index contributed by atoms with van der Waals surface area (Å²) in [5, 5.41) is 3.13. The number of anilines is 1. The predicted octanol–water partition coefficient (Wildman–Crippen LogP) is 3.58. The van der Waals surface area contributed by atoms with Crippen LogP contribution in [0, 0.1) is 0 Å². The van der Waals surface area contributed by atoms with Gasteiger partial charge >= 0.3 is 0 Å². The summed E-state index contributed by atoms with van der Waals surface area (Å²) in [6.07, 6.45) is 0. The molecule has 0 aliphatic rings. The molecule has 1 amide bonds. The van der Waals surface area contributed by atoms with Crippen LogP contribution in [0.4, 0.5) is 5.69 Å². The van der Waals surface area contributed by atoms with Crippen molar-refractivity contribution in [2.75, 3.05) is 11.9 Å². The molecule has 3 N–H and O–H groups in total. The molecular weight excluding hydrogens is 374 g/mol. The van der Waals surface area contributed by atoms with Gasteiger partial charge in [0.05, 0.1) is 0 Å². The van der Waals surface area contributed by atoms with Crippen molar-refractivity contribution in [1.29, 1.82) is 0 Å². The van der Waals surface area contributed by atoms with Crippen molar-refractivity contribution >= 4 is 34.7 Å². The van der Waals surface area contributed by atoms with Gasteiger partial charge in [-0.05, 0) is 66.5 Å². The first-order valence-electron chi connectivity index (χ1n) is 8.85. The highest BCUT2D eigenvalue weighted by Crippen LogP contribution is 2.24. The zero-order chi connectivity index (χ0) is 20.7. The molecule has 0 aliphatic carbocycles. The lowest BCUT2D eigenvalue weighted by atomic mass is 9.87. The fourth-order valence-electron chi connectivity index (χ4n) is 2.31. The average Bonchev–Trinajstić information content (AvgIpc) is 2.64. The molecule has 0 fully saturated rings. The molecule has 2 aromatic rings. The Morgan fingerprint density at radius 1 is 0.964 bits per heavy atom. The van der Waals surface area contributed by atoms with Gasteiger partial charge in [-0.15, -0.1) is 0 Å². The number of hydrogen-bond donors (Lipinski definition) is 3. The second-order valence-corrected chi connectivity index (χ2v) is 7.73. The van der Waals surface area contributed by atoms with Gasteiger partial charge in [0, 0.05) is 11.3 Å². The number of amides is 1. The molecular formula is C21H25N3O3S. The van der Waals surface area contributed by atoms with E-state index in [2.05, 4.69) is 36.9 Å². The summed E-state index contributed by atoms with van der Waals surface area (Å²) in [5.41, 5.74) is 7.65. The van der Waals surface area contributed by atoms with Crippen LogP contribution < -0.4 is 20.9 Å². The fourth-order valence-corrected chi connectivity index (χ4v) is 2.48. The maximum atomic E-state index is 11.9. The van der Waals surface area contributed by atoms with E-state index >= 15 is 0 Å². The molecule has 0 bridgehead atoms. The van der Waals surface area contributed by atoms with Crippen LogP contribution in [0.2, 0.25) is 0 Å². The minimum atomic E-state index is -0.365. The molecule has 0 unspecified atom stereocenters. The molecule has 0 aromatic heterocycles. The normalized spacial score (nSPS) is 10.7. The predicted molar refractivity (Wildman–Crippen MR) is 115 cm³/mol. The largest absolute Gasteiger partial charge is 0.484 e. The lowest BCUT2D eigenvalue weighted by Gasteiger charge is -2.19. The van der Waals surface area contributed by atoms with Gasteiger partial charge in [-0.3, -0.25) is 20.4 Å². The molecule has 28 heavy (non-hydrogen) atoms. The molecule has 6 nitrogen and oxygen atoms in total. The quantitative estimate of drug-likeness (QED) is 0.405. The molecule has 0 saturated carbocycles. The number of hydrazine groups is 1. The van der Waals surface area contributed by atoms with Crippen molar-refractivity contribution in [2.45, 2.75) is 33.1 Å². The van der Waals surface area contributed by atoms with E-state index in [-0.39, 0.29) is 28.8 Å². The molecule has 7 heteroatoms. The minimum Gasteiger partial charge on any atom is -0.484 e. The summed E-state index contributed by atoms with van der Waals surface area (Å²) in [7, 11) is 0. The molecule has 0 heterocycles. The number of carbonyl (C=O) groups is 2. The molecule has 0 aliphatic heterocycles. The third kappa shape index (κ3) is 6.66. The SMILES string of the molecule is CC(=O)c1ccc(NC(=S)NNC(=O)COc2ccc(C(C)(C)C)cc2)cc1. The Kier molecular flexibility index (Phi) is 7.12. The Hall–Kier alpha value is -2.93. The number of carbonyl (C=O) groups excluding carboxylic acids is 2. The van der Waals surface area contributed by atoms with Gasteiger partial charge in [0.25, 0.3) is 5.91 Å². The Labute approximate surface area is 170 Å². The average molecular weight is 400 g/mol. The lowest BCUT2D eigenvalue weighted by Crippen LogP contribution is -2.45. The van der Waals surface area contributed by atoms with Crippen LogP contribution in [0.25, 0.3) is 0 Å². The number of Topliss-reactive ketones (excluding diaryl/α,β-unsaturated/α-hetero) is 1. The summed E-state index contributed by atoms with van der Waals surface area (Å²) in [6, 6.07) is 14.5. The van der Waals surface area contributed by atoms with E-state index in [1.807, 2.05) is 24.3 Å². The van der Waals surface area contributed by atoms with Crippen LogP contribution in [0.1, 0.15) is 43.6 Å². The summed E-state index contributed by atoms with van der Waals surface area (Å²) >= 11 is 5.12. The van der Waals surface area contributed by atoms with E-state index in [0.717, 1.165) is 0 Å². The van der Waals surface area contributed by atoms with Crippen LogP contribution in [0.15, 0.2) is 48.5 Å². The van der Waals surface area contributed by atoms with Gasteiger partial charge in [-0.25, -0.2) is 0 Å². The topological polar surface area (TPSA) is 79.5 Å². The zero-order valence-electron chi connectivity index (χ0n) is 16.5. The van der Waals surface area contributed by atoms with Gasteiger partial charge in [-0.1, -0.05) is 32.9 Å². The molecule has 0 saturated heterocycles. The van der Waals surface area contributed by atoms with Crippen LogP contribution >= 0.6 is 12.2 Å². The smallest absolute Gasteiger partial charge is 0.276 e. The van der Waals surface area contributed by atoms with Gasteiger partial charge in [-0.2, -0.15) is 0 Å². The van der Waals surface area contributed by atoms with Crippen molar-refractivity contribution in [1.82, 2.24) is 10.9 Å². The van der Waals surface area contributed by atoms with Crippen LogP contribution in [0.5, 0.6) is 5.75 Å². The Bertz CT molecular complexity index is 841. The Morgan fingerprint density at radius 2 is 1.57 bits per heavy atom. The number of thiocarbonyl (C=S) groups is 1. The van der Waals surface area contributed by atoms with Crippen molar-refractivity contribution in [3.63, 3.8) is 0 Å². The van der Waals surface area contributed by atoms with Crippen LogP contribution in [0.3, 0.4) is 0 Å². The number of benzene rings is 2. The van der Waals surface area contributed by atoms with E-state index in [0.29, 0.717) is 17.0 Å². The van der Waals surface area contributed by atoms with Gasteiger partial charge in [0.2, 0.25) is 0 Å². The summed E-state index contributed by atoms with van der Waals surface area (Å²) in [6.45, 7) is 7.77. The second-order valence-electron chi connectivity index (χ2n) is 7.32. The third-order valence-electron chi connectivity index (χ3n) is 3.96. The molecule has 148 valence electrons. The minimum absolute atomic E-state index is 0.00689. The number of rotatable bonds is 5. The van der Waals surface area contributed by atoms with Gasteiger partial charge in [0.1, 0.15) is 5.75 Å². The number of ketones is 1. The van der Waals surface area contributed by atoms with Crippen LogP contribution in [-0.4, -0.2) is 23.4 Å². The first-order chi connectivity index (χ1) is 13.1. The summed E-state index contributed by atoms with van der Waals surface area (Å²) in [5.74, 6) is 0.248. The highest BCUT2D eigenvalue weighted by molar-refractivity contribution is 7.80. The maximum Gasteiger partial charge on any atom is 0.276 e. The number of ether oxygens (including phenoxy) is 1.